The lowest BCUT2D eigenvalue weighted by atomic mass is 10.2. The molecule has 0 unspecified atom stereocenters. The summed E-state index contributed by atoms with van der Waals surface area (Å²) in [5, 5.41) is 13.7. The van der Waals surface area contributed by atoms with Crippen LogP contribution in [0.15, 0.2) is 36.9 Å². The molecule has 0 spiro atoms. The topological polar surface area (TPSA) is 73.0 Å². The quantitative estimate of drug-likeness (QED) is 0.461. The number of rotatable bonds is 8. The van der Waals surface area contributed by atoms with Gasteiger partial charge in [-0.25, -0.2) is 4.98 Å². The van der Waals surface area contributed by atoms with Gasteiger partial charge in [-0.05, 0) is 19.4 Å². The summed E-state index contributed by atoms with van der Waals surface area (Å²) in [5.41, 5.74) is -0.159. The smallest absolute Gasteiger partial charge is 0.305 e. The van der Waals surface area contributed by atoms with Crippen LogP contribution in [0.3, 0.4) is 0 Å². The fraction of sp³-hybridized carbons (Fsp3) is 0.357. The Hall–Kier alpha value is -2.28. The number of nitro groups is 1. The van der Waals surface area contributed by atoms with Crippen LogP contribution in [0, 0.1) is 15.9 Å². The zero-order valence-electron chi connectivity index (χ0n) is 11.5. The highest BCUT2D eigenvalue weighted by Crippen LogP contribution is 2.19. The number of nitrogens with one attached hydrogen (secondary N) is 1. The Morgan fingerprint density at radius 1 is 1.38 bits per heavy atom. The molecule has 0 aliphatic rings. The maximum absolute atomic E-state index is 13.8. The largest absolute Gasteiger partial charge is 0.337 e. The third kappa shape index (κ3) is 4.35. The van der Waals surface area contributed by atoms with Crippen LogP contribution in [-0.2, 0) is 13.1 Å². The van der Waals surface area contributed by atoms with Crippen molar-refractivity contribution in [1.29, 1.82) is 0 Å². The Bertz CT molecular complexity index is 587. The van der Waals surface area contributed by atoms with E-state index in [9.17, 15) is 14.5 Å². The van der Waals surface area contributed by atoms with Gasteiger partial charge in [-0.2, -0.15) is 4.39 Å². The molecule has 6 nitrogen and oxygen atoms in total. The molecular weight excluding hydrogens is 275 g/mol. The minimum Gasteiger partial charge on any atom is -0.337 e. The van der Waals surface area contributed by atoms with Crippen molar-refractivity contribution in [2.75, 3.05) is 6.54 Å². The number of nitrogens with zero attached hydrogens (tertiary/aromatic N) is 3. The second-order valence-corrected chi connectivity index (χ2v) is 4.69. The van der Waals surface area contributed by atoms with E-state index in [0.29, 0.717) is 12.1 Å². The second kappa shape index (κ2) is 7.49. The SMILES string of the molecule is O=[N+]([O-])c1cccc(CNCCCCn2ccnc2)c1F. The molecule has 2 aromatic rings. The van der Waals surface area contributed by atoms with Crippen molar-refractivity contribution in [2.24, 2.45) is 0 Å². The lowest BCUT2D eigenvalue weighted by Crippen LogP contribution is -2.16. The molecule has 0 radical (unpaired) electrons. The van der Waals surface area contributed by atoms with Crippen molar-refractivity contribution in [1.82, 2.24) is 14.9 Å². The molecule has 0 amide bonds. The molecule has 1 aromatic carbocycles. The second-order valence-electron chi connectivity index (χ2n) is 4.69. The molecule has 0 saturated heterocycles. The fourth-order valence-electron chi connectivity index (χ4n) is 2.03. The maximum atomic E-state index is 13.8. The number of halogens is 1. The van der Waals surface area contributed by atoms with Crippen LogP contribution in [0.4, 0.5) is 10.1 Å². The average molecular weight is 292 g/mol. The molecule has 2 rings (SSSR count). The first-order valence-electron chi connectivity index (χ1n) is 6.76. The predicted molar refractivity (Wildman–Crippen MR) is 76.2 cm³/mol. The Labute approximate surface area is 121 Å². The highest BCUT2D eigenvalue weighted by Gasteiger charge is 2.16. The van der Waals surface area contributed by atoms with Crippen molar-refractivity contribution in [3.63, 3.8) is 0 Å². The number of aryl methyl sites for hydroxylation is 1. The standard InChI is InChI=1S/C14H17FN4O2/c15-14-12(4-3-5-13(14)19(20)21)10-16-6-1-2-8-18-9-7-17-11-18/h3-5,7,9,11,16H,1-2,6,8,10H2. The van der Waals surface area contributed by atoms with E-state index in [1.807, 2.05) is 10.8 Å². The molecule has 1 heterocycles. The van der Waals surface area contributed by atoms with Crippen LogP contribution in [-0.4, -0.2) is 21.0 Å². The maximum Gasteiger partial charge on any atom is 0.305 e. The Morgan fingerprint density at radius 3 is 2.95 bits per heavy atom. The lowest BCUT2D eigenvalue weighted by molar-refractivity contribution is -0.387. The summed E-state index contributed by atoms with van der Waals surface area (Å²) < 4.78 is 15.8. The van der Waals surface area contributed by atoms with Gasteiger partial charge in [0.15, 0.2) is 0 Å². The molecule has 7 heteroatoms. The van der Waals surface area contributed by atoms with Gasteiger partial charge in [0.1, 0.15) is 0 Å². The highest BCUT2D eigenvalue weighted by molar-refractivity contribution is 5.36. The van der Waals surface area contributed by atoms with E-state index in [-0.39, 0.29) is 0 Å². The molecule has 112 valence electrons. The van der Waals surface area contributed by atoms with Gasteiger partial charge >= 0.3 is 5.69 Å². The van der Waals surface area contributed by atoms with E-state index in [1.54, 1.807) is 18.6 Å². The van der Waals surface area contributed by atoms with Crippen LogP contribution in [0.1, 0.15) is 18.4 Å². The van der Waals surface area contributed by atoms with E-state index < -0.39 is 16.4 Å². The van der Waals surface area contributed by atoms with Crippen molar-refractivity contribution in [3.8, 4) is 0 Å². The van der Waals surface area contributed by atoms with Crippen molar-refractivity contribution in [3.05, 3.63) is 58.4 Å². The van der Waals surface area contributed by atoms with E-state index in [0.717, 1.165) is 25.9 Å². The summed E-state index contributed by atoms with van der Waals surface area (Å²) in [6, 6.07) is 4.22. The van der Waals surface area contributed by atoms with Gasteiger partial charge in [0, 0.05) is 37.1 Å². The number of aromatic nitrogens is 2. The summed E-state index contributed by atoms with van der Waals surface area (Å²) in [6.45, 7) is 1.92. The van der Waals surface area contributed by atoms with Crippen molar-refractivity contribution in [2.45, 2.75) is 25.9 Å². The van der Waals surface area contributed by atoms with Gasteiger partial charge in [0.2, 0.25) is 5.82 Å². The van der Waals surface area contributed by atoms with Gasteiger partial charge in [-0.3, -0.25) is 10.1 Å². The van der Waals surface area contributed by atoms with Gasteiger partial charge in [-0.1, -0.05) is 12.1 Å². The minimum absolute atomic E-state index is 0.290. The number of nitro benzene ring substituents is 1. The Morgan fingerprint density at radius 2 is 2.24 bits per heavy atom. The molecular formula is C14H17FN4O2. The number of hydrogen-bond acceptors (Lipinski definition) is 4. The molecule has 0 fully saturated rings. The number of hydrogen-bond donors (Lipinski definition) is 1. The normalized spacial score (nSPS) is 10.7. The van der Waals surface area contributed by atoms with E-state index in [1.165, 1.54) is 12.1 Å². The predicted octanol–water partition coefficient (Wildman–Crippen LogP) is 2.50. The van der Waals surface area contributed by atoms with Crippen molar-refractivity contribution < 1.29 is 9.31 Å². The molecule has 0 bridgehead atoms. The van der Waals surface area contributed by atoms with E-state index in [4.69, 9.17) is 0 Å². The van der Waals surface area contributed by atoms with Crippen LogP contribution in [0.25, 0.3) is 0 Å². The monoisotopic (exact) mass is 292 g/mol. The molecule has 21 heavy (non-hydrogen) atoms. The van der Waals surface area contributed by atoms with Crippen LogP contribution < -0.4 is 5.32 Å². The van der Waals surface area contributed by atoms with Crippen molar-refractivity contribution >= 4 is 5.69 Å². The molecule has 0 aliphatic heterocycles. The molecule has 1 N–H and O–H groups in total. The third-order valence-electron chi connectivity index (χ3n) is 3.15. The summed E-state index contributed by atoms with van der Waals surface area (Å²) in [6.07, 6.45) is 7.34. The molecule has 0 atom stereocenters. The number of benzene rings is 1. The van der Waals surface area contributed by atoms with Crippen LogP contribution in [0.2, 0.25) is 0 Å². The summed E-state index contributed by atoms with van der Waals surface area (Å²) in [4.78, 5) is 13.9. The first-order chi connectivity index (χ1) is 10.2. The highest BCUT2D eigenvalue weighted by atomic mass is 19.1. The lowest BCUT2D eigenvalue weighted by Gasteiger charge is -2.06. The third-order valence-corrected chi connectivity index (χ3v) is 3.15. The molecule has 0 saturated carbocycles. The number of unbranched alkanes of at least 4 members (excludes halogenated alkanes) is 1. The molecule has 1 aromatic heterocycles. The summed E-state index contributed by atoms with van der Waals surface area (Å²) >= 11 is 0. The van der Waals surface area contributed by atoms with E-state index in [2.05, 4.69) is 10.3 Å². The average Bonchev–Trinajstić information content (AvgIpc) is 2.97. The zero-order chi connectivity index (χ0) is 15.1. The first kappa shape index (κ1) is 15.1. The Kier molecular flexibility index (Phi) is 5.39. The van der Waals surface area contributed by atoms with Gasteiger partial charge in [0.25, 0.3) is 0 Å². The fourth-order valence-corrected chi connectivity index (χ4v) is 2.03. The zero-order valence-corrected chi connectivity index (χ0v) is 11.5. The van der Waals surface area contributed by atoms with Gasteiger partial charge in [-0.15, -0.1) is 0 Å². The summed E-state index contributed by atoms with van der Waals surface area (Å²) in [5.74, 6) is -0.756. The summed E-state index contributed by atoms with van der Waals surface area (Å²) in [7, 11) is 0. The van der Waals surface area contributed by atoms with Gasteiger partial charge in [0.05, 0.1) is 11.3 Å². The first-order valence-corrected chi connectivity index (χ1v) is 6.76. The number of imidazole rings is 1. The Balaban J connectivity index is 1.71. The van der Waals surface area contributed by atoms with Gasteiger partial charge < -0.3 is 9.88 Å². The van der Waals surface area contributed by atoms with Crippen LogP contribution >= 0.6 is 0 Å². The molecule has 0 aliphatic carbocycles. The van der Waals surface area contributed by atoms with Crippen LogP contribution in [0.5, 0.6) is 0 Å². The minimum atomic E-state index is -0.756. The van der Waals surface area contributed by atoms with E-state index >= 15 is 0 Å².